The quantitative estimate of drug-likeness (QED) is 0.794. The minimum absolute atomic E-state index is 0.0229. The lowest BCUT2D eigenvalue weighted by atomic mass is 9.77. The first-order valence-electron chi connectivity index (χ1n) is 9.78. The minimum Gasteiger partial charge on any atom is -0.372 e. The van der Waals surface area contributed by atoms with Gasteiger partial charge in [0.1, 0.15) is 0 Å². The Labute approximate surface area is 163 Å². The molecule has 150 valence electrons. The van der Waals surface area contributed by atoms with Crippen LogP contribution in [0.15, 0.2) is 24.3 Å². The normalized spacial score (nSPS) is 18.9. The summed E-state index contributed by atoms with van der Waals surface area (Å²) in [5, 5.41) is 2.75. The summed E-state index contributed by atoms with van der Waals surface area (Å²) in [7, 11) is 0. The Morgan fingerprint density at radius 2 is 1.56 bits per heavy atom. The maximum absolute atomic E-state index is 13.0. The third-order valence-corrected chi connectivity index (χ3v) is 5.39. The molecule has 3 N–H and O–H groups in total. The predicted molar refractivity (Wildman–Crippen MR) is 111 cm³/mol. The van der Waals surface area contributed by atoms with Gasteiger partial charge >= 0.3 is 11.8 Å². The Morgan fingerprint density at radius 3 is 2.00 bits per heavy atom. The molecule has 0 unspecified atom stereocenters. The van der Waals surface area contributed by atoms with Crippen LogP contribution in [0, 0.1) is 0 Å². The van der Waals surface area contributed by atoms with Crippen LogP contribution in [-0.4, -0.2) is 46.9 Å². The van der Waals surface area contributed by atoms with Gasteiger partial charge in [-0.3, -0.25) is 9.59 Å². The van der Waals surface area contributed by atoms with E-state index in [2.05, 4.69) is 24.1 Å². The molecule has 0 saturated carbocycles. The van der Waals surface area contributed by atoms with Crippen LogP contribution in [0.2, 0.25) is 0 Å². The number of nitrogens with two attached hydrogens (primary N) is 1. The van der Waals surface area contributed by atoms with E-state index < -0.39 is 22.9 Å². The van der Waals surface area contributed by atoms with Crippen molar-refractivity contribution in [1.82, 2.24) is 4.90 Å². The summed E-state index contributed by atoms with van der Waals surface area (Å²) in [6, 6.07) is 7.61. The lowest BCUT2D eigenvalue weighted by Crippen LogP contribution is -2.66. The van der Waals surface area contributed by atoms with Crippen LogP contribution < -0.4 is 16.0 Å². The summed E-state index contributed by atoms with van der Waals surface area (Å²) >= 11 is 0. The molecule has 0 bridgehead atoms. The fourth-order valence-electron chi connectivity index (χ4n) is 4.54. The molecule has 0 aliphatic carbocycles. The third-order valence-electron chi connectivity index (χ3n) is 5.39. The molecule has 1 fully saturated rings. The van der Waals surface area contributed by atoms with E-state index >= 15 is 0 Å². The number of piperidine rings is 1. The van der Waals surface area contributed by atoms with E-state index in [4.69, 9.17) is 5.73 Å². The van der Waals surface area contributed by atoms with Crippen molar-refractivity contribution in [3.05, 3.63) is 24.3 Å². The molecule has 1 aliphatic rings. The van der Waals surface area contributed by atoms with Gasteiger partial charge in [-0.15, -0.1) is 0 Å². The summed E-state index contributed by atoms with van der Waals surface area (Å²) in [4.78, 5) is 29.5. The molecule has 6 nitrogen and oxygen atoms in total. The molecule has 1 saturated heterocycles. The van der Waals surface area contributed by atoms with Crippen LogP contribution in [0.3, 0.4) is 0 Å². The van der Waals surface area contributed by atoms with Gasteiger partial charge in [0.05, 0.1) is 0 Å². The van der Waals surface area contributed by atoms with E-state index in [0.29, 0.717) is 18.5 Å². The Hall–Kier alpha value is -2.08. The summed E-state index contributed by atoms with van der Waals surface area (Å²) in [5.41, 5.74) is 6.94. The molecule has 2 amide bonds. The highest BCUT2D eigenvalue weighted by atomic mass is 16.2. The van der Waals surface area contributed by atoms with Gasteiger partial charge in [0, 0.05) is 41.6 Å². The molecule has 0 atom stereocenters. The number of nitrogens with one attached hydrogen (secondary N) is 1. The number of amides is 2. The summed E-state index contributed by atoms with van der Waals surface area (Å²) in [6.07, 6.45) is 1.35. The van der Waals surface area contributed by atoms with E-state index in [1.807, 2.05) is 52.0 Å². The van der Waals surface area contributed by atoms with Crippen molar-refractivity contribution in [3.63, 3.8) is 0 Å². The minimum atomic E-state index is -0.609. The van der Waals surface area contributed by atoms with E-state index in [9.17, 15) is 9.59 Å². The van der Waals surface area contributed by atoms with E-state index in [-0.39, 0.29) is 6.04 Å². The number of benzene rings is 1. The lowest BCUT2D eigenvalue weighted by Gasteiger charge is -2.54. The second-order valence-corrected chi connectivity index (χ2v) is 8.61. The van der Waals surface area contributed by atoms with Gasteiger partial charge in [-0.05, 0) is 78.6 Å². The Bertz CT molecular complexity index is 660. The molecule has 2 rings (SSSR count). The molecule has 1 aliphatic heterocycles. The second-order valence-electron chi connectivity index (χ2n) is 8.61. The number of nitrogens with zero attached hydrogens (tertiary/aromatic N) is 2. The highest BCUT2D eigenvalue weighted by Crippen LogP contribution is 2.37. The largest absolute Gasteiger partial charge is 0.372 e. The van der Waals surface area contributed by atoms with Gasteiger partial charge < -0.3 is 20.9 Å². The first-order valence-corrected chi connectivity index (χ1v) is 9.78. The Kier molecular flexibility index (Phi) is 6.20. The molecule has 1 aromatic rings. The Morgan fingerprint density at radius 1 is 1.07 bits per heavy atom. The van der Waals surface area contributed by atoms with Crippen molar-refractivity contribution in [1.29, 1.82) is 0 Å². The fraction of sp³-hybridized carbons (Fsp3) is 0.619. The molecule has 0 aromatic heterocycles. The predicted octanol–water partition coefficient (Wildman–Crippen LogP) is 2.98. The summed E-state index contributed by atoms with van der Waals surface area (Å²) in [6.45, 7) is 13.9. The first-order chi connectivity index (χ1) is 12.5. The zero-order valence-electron chi connectivity index (χ0n) is 17.5. The molecule has 27 heavy (non-hydrogen) atoms. The van der Waals surface area contributed by atoms with Gasteiger partial charge in [-0.2, -0.15) is 0 Å². The zero-order valence-corrected chi connectivity index (χ0v) is 17.5. The number of likely N-dealkylation sites (tertiary alicyclic amines) is 1. The molecular formula is C21H34N4O2. The van der Waals surface area contributed by atoms with Gasteiger partial charge in [0.25, 0.3) is 0 Å². The molecule has 1 heterocycles. The van der Waals surface area contributed by atoms with Gasteiger partial charge in [-0.25, -0.2) is 0 Å². The van der Waals surface area contributed by atoms with Crippen molar-refractivity contribution in [2.45, 2.75) is 71.5 Å². The average molecular weight is 375 g/mol. The number of carbonyl (C=O) groups excluding carboxylic acids is 2. The van der Waals surface area contributed by atoms with Crippen molar-refractivity contribution in [3.8, 4) is 0 Å². The molecule has 0 radical (unpaired) electrons. The monoisotopic (exact) mass is 374 g/mol. The van der Waals surface area contributed by atoms with Gasteiger partial charge in [0.2, 0.25) is 0 Å². The van der Waals surface area contributed by atoms with Crippen LogP contribution >= 0.6 is 0 Å². The van der Waals surface area contributed by atoms with Crippen LogP contribution in [0.5, 0.6) is 0 Å². The van der Waals surface area contributed by atoms with Crippen LogP contribution in [0.1, 0.15) is 54.4 Å². The zero-order chi connectivity index (χ0) is 20.4. The number of anilines is 2. The Balaban J connectivity index is 2.14. The molecule has 0 spiro atoms. The van der Waals surface area contributed by atoms with Crippen molar-refractivity contribution < 1.29 is 9.59 Å². The third kappa shape index (κ3) is 4.61. The maximum Gasteiger partial charge on any atom is 0.313 e. The SMILES string of the molecule is CCN(CC)c1ccc(NC(=O)C(=O)N2C(C)(C)CC(N)CC2(C)C)cc1. The lowest BCUT2D eigenvalue weighted by molar-refractivity contribution is -0.156. The van der Waals surface area contributed by atoms with Crippen LogP contribution in [0.25, 0.3) is 0 Å². The number of hydrogen-bond donors (Lipinski definition) is 2. The number of rotatable bonds is 4. The average Bonchev–Trinajstić information content (AvgIpc) is 2.54. The van der Waals surface area contributed by atoms with Gasteiger partial charge in [-0.1, -0.05) is 0 Å². The molecule has 1 aromatic carbocycles. The highest BCUT2D eigenvalue weighted by molar-refractivity contribution is 6.39. The fourth-order valence-corrected chi connectivity index (χ4v) is 4.54. The van der Waals surface area contributed by atoms with Crippen molar-refractivity contribution in [2.75, 3.05) is 23.3 Å². The van der Waals surface area contributed by atoms with Crippen molar-refractivity contribution >= 4 is 23.2 Å². The molecule has 6 heteroatoms. The summed E-state index contributed by atoms with van der Waals surface area (Å²) in [5.74, 6) is -1.12. The van der Waals surface area contributed by atoms with Crippen molar-refractivity contribution in [2.24, 2.45) is 5.73 Å². The number of carbonyl (C=O) groups is 2. The standard InChI is InChI=1S/C21H34N4O2/c1-7-24(8-2)17-11-9-16(10-12-17)23-18(26)19(27)25-20(3,4)13-15(22)14-21(25,5)6/h9-12,15H,7-8,13-14,22H2,1-6H3,(H,23,26). The van der Waals surface area contributed by atoms with E-state index in [0.717, 1.165) is 18.8 Å². The highest BCUT2D eigenvalue weighted by Gasteiger charge is 2.48. The van der Waals surface area contributed by atoms with Crippen LogP contribution in [0.4, 0.5) is 11.4 Å². The topological polar surface area (TPSA) is 78.7 Å². The molecular weight excluding hydrogens is 340 g/mol. The second kappa shape index (κ2) is 7.89. The van der Waals surface area contributed by atoms with Crippen LogP contribution in [-0.2, 0) is 9.59 Å². The number of hydrogen-bond acceptors (Lipinski definition) is 4. The van der Waals surface area contributed by atoms with Gasteiger partial charge in [0.15, 0.2) is 0 Å². The summed E-state index contributed by atoms with van der Waals surface area (Å²) < 4.78 is 0. The van der Waals surface area contributed by atoms with E-state index in [1.54, 1.807) is 4.90 Å². The first kappa shape index (κ1) is 21.2. The van der Waals surface area contributed by atoms with E-state index in [1.165, 1.54) is 0 Å². The smallest absolute Gasteiger partial charge is 0.313 e. The maximum atomic E-state index is 13.0.